The summed E-state index contributed by atoms with van der Waals surface area (Å²) in [6.07, 6.45) is -4.11. The molecule has 1 aromatic heterocycles. The lowest BCUT2D eigenvalue weighted by molar-refractivity contribution is -0.274. The normalized spacial score (nSPS) is 15.7. The lowest BCUT2D eigenvalue weighted by Crippen LogP contribution is -2.29. The standard InChI is InChI=1S/C23H17F3N2O4/c24-23(25,26)32-16-8-6-15(7-9-16)27-21(30)18-12-17-19(28-22(18)31)10-14(11-20(17)29)13-4-2-1-3-5-13/h1-9,12,14H,10-11H2,(H,27,30)(H,28,31)/t14-/m0/s1. The first-order valence-electron chi connectivity index (χ1n) is 9.71. The number of ketones is 1. The van der Waals surface area contributed by atoms with E-state index in [0.29, 0.717) is 12.1 Å². The smallest absolute Gasteiger partial charge is 0.406 e. The maximum absolute atomic E-state index is 12.7. The zero-order valence-electron chi connectivity index (χ0n) is 16.5. The Hall–Kier alpha value is -3.88. The number of ether oxygens (including phenoxy) is 1. The van der Waals surface area contributed by atoms with Crippen LogP contribution < -0.4 is 15.6 Å². The number of fused-ring (bicyclic) bond motifs is 1. The fraction of sp³-hybridized carbons (Fsp3) is 0.174. The van der Waals surface area contributed by atoms with Crippen molar-refractivity contribution in [3.63, 3.8) is 0 Å². The van der Waals surface area contributed by atoms with Gasteiger partial charge in [0.25, 0.3) is 11.5 Å². The van der Waals surface area contributed by atoms with Crippen LogP contribution in [-0.2, 0) is 6.42 Å². The highest BCUT2D eigenvalue weighted by Crippen LogP contribution is 2.31. The van der Waals surface area contributed by atoms with Crippen LogP contribution in [0.5, 0.6) is 5.75 Å². The van der Waals surface area contributed by atoms with Gasteiger partial charge in [-0.3, -0.25) is 14.4 Å². The Morgan fingerprint density at radius 3 is 2.34 bits per heavy atom. The van der Waals surface area contributed by atoms with Crippen molar-refractivity contribution in [3.05, 3.63) is 93.4 Å². The molecular formula is C23H17F3N2O4. The first kappa shape index (κ1) is 21.4. The van der Waals surface area contributed by atoms with Gasteiger partial charge in [-0.25, -0.2) is 0 Å². The number of carbonyl (C=O) groups excluding carboxylic acids is 2. The second-order valence-electron chi connectivity index (χ2n) is 7.37. The highest BCUT2D eigenvalue weighted by Gasteiger charge is 2.31. The van der Waals surface area contributed by atoms with Crippen molar-refractivity contribution in [1.82, 2.24) is 4.98 Å². The van der Waals surface area contributed by atoms with Crippen molar-refractivity contribution in [3.8, 4) is 5.75 Å². The van der Waals surface area contributed by atoms with E-state index in [1.54, 1.807) is 0 Å². The molecule has 2 aromatic carbocycles. The average molecular weight is 442 g/mol. The molecule has 2 N–H and O–H groups in total. The molecule has 0 spiro atoms. The third-order valence-corrected chi connectivity index (χ3v) is 5.17. The molecule has 6 nitrogen and oxygen atoms in total. The topological polar surface area (TPSA) is 88.3 Å². The Labute approximate surface area is 180 Å². The molecule has 0 bridgehead atoms. The fourth-order valence-electron chi connectivity index (χ4n) is 3.70. The van der Waals surface area contributed by atoms with Gasteiger partial charge in [-0.05, 0) is 48.2 Å². The van der Waals surface area contributed by atoms with Crippen LogP contribution >= 0.6 is 0 Å². The van der Waals surface area contributed by atoms with Gasteiger partial charge in [0, 0.05) is 23.4 Å². The zero-order valence-corrected chi connectivity index (χ0v) is 16.5. The van der Waals surface area contributed by atoms with Crippen molar-refractivity contribution in [2.75, 3.05) is 5.32 Å². The second kappa shape index (κ2) is 8.33. The summed E-state index contributed by atoms with van der Waals surface area (Å²) in [5.41, 5.74) is 1.01. The van der Waals surface area contributed by atoms with E-state index in [9.17, 15) is 27.6 Å². The molecule has 0 fully saturated rings. The summed E-state index contributed by atoms with van der Waals surface area (Å²) in [6.45, 7) is 0. The molecule has 1 aliphatic rings. The molecule has 0 saturated carbocycles. The van der Waals surface area contributed by atoms with Gasteiger partial charge in [0.1, 0.15) is 11.3 Å². The molecule has 1 heterocycles. The van der Waals surface area contributed by atoms with E-state index < -0.39 is 23.6 Å². The number of aromatic nitrogens is 1. The van der Waals surface area contributed by atoms with Crippen LogP contribution in [0.1, 0.15) is 44.3 Å². The first-order chi connectivity index (χ1) is 15.2. The number of anilines is 1. The number of rotatable bonds is 4. The summed E-state index contributed by atoms with van der Waals surface area (Å²) >= 11 is 0. The van der Waals surface area contributed by atoms with Gasteiger partial charge in [0.05, 0.1) is 0 Å². The van der Waals surface area contributed by atoms with E-state index in [2.05, 4.69) is 15.0 Å². The van der Waals surface area contributed by atoms with Crippen molar-refractivity contribution in [2.24, 2.45) is 0 Å². The molecule has 0 radical (unpaired) electrons. The lowest BCUT2D eigenvalue weighted by atomic mass is 9.81. The average Bonchev–Trinajstić information content (AvgIpc) is 2.74. The number of hydrogen-bond donors (Lipinski definition) is 2. The number of H-pyrrole nitrogens is 1. The SMILES string of the molecule is O=C1C[C@@H](c2ccccc2)Cc2[nH]c(=O)c(C(=O)Nc3ccc(OC(F)(F)F)cc3)cc21. The highest BCUT2D eigenvalue weighted by molar-refractivity contribution is 6.06. The fourth-order valence-corrected chi connectivity index (χ4v) is 3.70. The second-order valence-corrected chi connectivity index (χ2v) is 7.37. The number of benzene rings is 2. The third kappa shape index (κ3) is 4.72. The Kier molecular flexibility index (Phi) is 5.56. The van der Waals surface area contributed by atoms with Crippen LogP contribution in [-0.4, -0.2) is 23.0 Å². The van der Waals surface area contributed by atoms with Crippen molar-refractivity contribution >= 4 is 17.4 Å². The van der Waals surface area contributed by atoms with Gasteiger partial charge in [-0.1, -0.05) is 30.3 Å². The molecule has 1 aliphatic carbocycles. The minimum atomic E-state index is -4.83. The summed E-state index contributed by atoms with van der Waals surface area (Å²) in [7, 11) is 0. The Bertz CT molecular complexity index is 1220. The monoisotopic (exact) mass is 442 g/mol. The molecule has 0 aliphatic heterocycles. The number of carbonyl (C=O) groups is 2. The molecule has 0 unspecified atom stereocenters. The number of Topliss-reactive ketones (excluding diaryl/α,β-unsaturated/α-hetero) is 1. The number of aromatic amines is 1. The summed E-state index contributed by atoms with van der Waals surface area (Å²) in [5, 5.41) is 2.44. The number of hydrogen-bond acceptors (Lipinski definition) is 4. The number of alkyl halides is 3. The molecule has 1 atom stereocenters. The van der Waals surface area contributed by atoms with Crippen molar-refractivity contribution in [2.45, 2.75) is 25.1 Å². The van der Waals surface area contributed by atoms with Crippen LogP contribution in [0.2, 0.25) is 0 Å². The van der Waals surface area contributed by atoms with Gasteiger partial charge < -0.3 is 15.0 Å². The van der Waals surface area contributed by atoms with E-state index in [1.807, 2.05) is 30.3 Å². The minimum Gasteiger partial charge on any atom is -0.406 e. The van der Waals surface area contributed by atoms with Crippen molar-refractivity contribution < 1.29 is 27.5 Å². The molecule has 164 valence electrons. The van der Waals surface area contributed by atoms with Crippen LogP contribution in [0.25, 0.3) is 0 Å². The summed E-state index contributed by atoms with van der Waals surface area (Å²) in [5.74, 6) is -1.47. The van der Waals surface area contributed by atoms with Gasteiger partial charge in [0.15, 0.2) is 5.78 Å². The quantitative estimate of drug-likeness (QED) is 0.626. The highest BCUT2D eigenvalue weighted by atomic mass is 19.4. The van der Waals surface area contributed by atoms with E-state index >= 15 is 0 Å². The van der Waals surface area contributed by atoms with E-state index in [0.717, 1.165) is 17.7 Å². The number of pyridine rings is 1. The Morgan fingerprint density at radius 1 is 1.00 bits per heavy atom. The van der Waals surface area contributed by atoms with Gasteiger partial charge in [-0.15, -0.1) is 13.2 Å². The number of halogens is 3. The molecule has 4 rings (SSSR count). The Morgan fingerprint density at radius 2 is 1.69 bits per heavy atom. The first-order valence-corrected chi connectivity index (χ1v) is 9.71. The van der Waals surface area contributed by atoms with Crippen LogP contribution in [0, 0.1) is 0 Å². The van der Waals surface area contributed by atoms with Gasteiger partial charge >= 0.3 is 6.36 Å². The molecule has 32 heavy (non-hydrogen) atoms. The maximum Gasteiger partial charge on any atom is 0.573 e. The lowest BCUT2D eigenvalue weighted by Gasteiger charge is -2.24. The predicted octanol–water partition coefficient (Wildman–Crippen LogP) is 4.44. The van der Waals surface area contributed by atoms with Crippen LogP contribution in [0.15, 0.2) is 65.5 Å². The number of amides is 1. The minimum absolute atomic E-state index is 0.0658. The van der Waals surface area contributed by atoms with E-state index in [4.69, 9.17) is 0 Å². The molecular weight excluding hydrogens is 425 g/mol. The Balaban J connectivity index is 1.53. The molecule has 9 heteroatoms. The number of nitrogens with one attached hydrogen (secondary N) is 2. The third-order valence-electron chi connectivity index (χ3n) is 5.17. The largest absolute Gasteiger partial charge is 0.573 e. The van der Waals surface area contributed by atoms with Crippen LogP contribution in [0.3, 0.4) is 0 Å². The molecule has 1 amide bonds. The summed E-state index contributed by atoms with van der Waals surface area (Å²) in [4.78, 5) is 40.4. The van der Waals surface area contributed by atoms with Gasteiger partial charge in [-0.2, -0.15) is 0 Å². The van der Waals surface area contributed by atoms with Crippen molar-refractivity contribution in [1.29, 1.82) is 0 Å². The zero-order chi connectivity index (χ0) is 22.9. The summed E-state index contributed by atoms with van der Waals surface area (Å²) in [6, 6.07) is 15.3. The van der Waals surface area contributed by atoms with E-state index in [1.165, 1.54) is 18.2 Å². The molecule has 3 aromatic rings. The summed E-state index contributed by atoms with van der Waals surface area (Å²) < 4.78 is 40.5. The van der Waals surface area contributed by atoms with Gasteiger partial charge in [0.2, 0.25) is 0 Å². The van der Waals surface area contributed by atoms with Crippen LogP contribution in [0.4, 0.5) is 18.9 Å². The maximum atomic E-state index is 12.7. The predicted molar refractivity (Wildman–Crippen MR) is 110 cm³/mol. The van der Waals surface area contributed by atoms with E-state index in [-0.39, 0.29) is 34.9 Å². The molecule has 0 saturated heterocycles.